The molecule has 0 heterocycles. The molecule has 0 saturated heterocycles. The molecule has 0 aromatic heterocycles. The van der Waals surface area contributed by atoms with Gasteiger partial charge in [0.15, 0.2) is 23.3 Å². The monoisotopic (exact) mass is 351 g/mol. The molecule has 15 heavy (non-hydrogen) atoms. The summed E-state index contributed by atoms with van der Waals surface area (Å²) < 4.78 is 63.3. The molecule has 82 valence electrons. The van der Waals surface area contributed by atoms with Gasteiger partial charge in [-0.05, 0) is 31.9 Å². The van der Waals surface area contributed by atoms with E-state index in [0.717, 1.165) is 0 Å². The van der Waals surface area contributed by atoms with Crippen molar-refractivity contribution < 1.29 is 22.0 Å². The van der Waals surface area contributed by atoms with E-state index in [9.17, 15) is 22.0 Å². The average molecular weight is 353 g/mol. The predicted molar refractivity (Wildman–Crippen MR) is 51.2 cm³/mol. The van der Waals surface area contributed by atoms with Crippen LogP contribution >= 0.6 is 31.9 Å². The lowest BCUT2D eigenvalue weighted by Crippen LogP contribution is -2.00. The van der Waals surface area contributed by atoms with Crippen LogP contribution in [0.4, 0.5) is 27.6 Å². The summed E-state index contributed by atoms with van der Waals surface area (Å²) in [6, 6.07) is 0. The molecule has 8 heteroatoms. The Bertz CT molecular complexity index is 412. The van der Waals surface area contributed by atoms with Crippen LogP contribution in [0.15, 0.2) is 4.99 Å². The molecule has 0 atom stereocenters. The third kappa shape index (κ3) is 2.36. The van der Waals surface area contributed by atoms with E-state index in [0.29, 0.717) is 0 Å². The second-order valence-electron chi connectivity index (χ2n) is 2.27. The minimum Gasteiger partial charge on any atom is -0.228 e. The molecule has 0 fully saturated rings. The van der Waals surface area contributed by atoms with Crippen molar-refractivity contribution in [2.45, 2.75) is 0 Å². The van der Waals surface area contributed by atoms with Crippen molar-refractivity contribution in [1.82, 2.24) is 0 Å². The molecule has 0 N–H and O–H groups in total. The second kappa shape index (κ2) is 4.56. The van der Waals surface area contributed by atoms with Gasteiger partial charge in [0.2, 0.25) is 5.82 Å². The second-order valence-corrected chi connectivity index (χ2v) is 4.84. The van der Waals surface area contributed by atoms with Crippen LogP contribution in [0.5, 0.6) is 0 Å². The molecular formula is C7Br2F5N. The molecule has 0 amide bonds. The Balaban J connectivity index is 3.60. The molecule has 0 aliphatic rings. The van der Waals surface area contributed by atoms with Gasteiger partial charge in [-0.15, -0.1) is 0 Å². The van der Waals surface area contributed by atoms with Gasteiger partial charge in [0, 0.05) is 0 Å². The largest absolute Gasteiger partial charge is 0.228 e. The average Bonchev–Trinajstić information content (AvgIpc) is 2.18. The third-order valence-corrected chi connectivity index (χ3v) is 1.74. The quantitative estimate of drug-likeness (QED) is 0.311. The van der Waals surface area contributed by atoms with Crippen LogP contribution < -0.4 is 0 Å². The van der Waals surface area contributed by atoms with Gasteiger partial charge < -0.3 is 0 Å². The molecule has 0 bridgehead atoms. The van der Waals surface area contributed by atoms with Crippen LogP contribution in [-0.4, -0.2) is 3.53 Å². The zero-order valence-corrected chi connectivity index (χ0v) is 9.76. The summed E-state index contributed by atoms with van der Waals surface area (Å²) in [7, 11) is 0. The minimum atomic E-state index is -2.21. The Labute approximate surface area is 97.3 Å². The summed E-state index contributed by atoms with van der Waals surface area (Å²) >= 11 is 5.28. The number of benzene rings is 1. The zero-order chi connectivity index (χ0) is 11.7. The standard InChI is InChI=1S/C7Br2F5N/c8-7(9)15-6-4(13)2(11)1(10)3(12)5(6)14. The molecule has 1 nitrogen and oxygen atoms in total. The Morgan fingerprint density at radius 2 is 1.07 bits per heavy atom. The van der Waals surface area contributed by atoms with Crippen molar-refractivity contribution in [2.75, 3.05) is 0 Å². The number of hydrogen-bond donors (Lipinski definition) is 0. The lowest BCUT2D eigenvalue weighted by molar-refractivity contribution is 0.381. The predicted octanol–water partition coefficient (Wildman–Crippen LogP) is 4.16. The van der Waals surface area contributed by atoms with Crippen LogP contribution in [0.2, 0.25) is 0 Å². The van der Waals surface area contributed by atoms with Gasteiger partial charge in [-0.2, -0.15) is 0 Å². The molecule has 0 aliphatic heterocycles. The fourth-order valence-corrected chi connectivity index (χ4v) is 1.13. The molecule has 1 rings (SSSR count). The molecule has 0 spiro atoms. The van der Waals surface area contributed by atoms with Crippen molar-refractivity contribution in [3.8, 4) is 0 Å². The van der Waals surface area contributed by atoms with Crippen molar-refractivity contribution in [3.63, 3.8) is 0 Å². The van der Waals surface area contributed by atoms with Crippen molar-refractivity contribution >= 4 is 41.1 Å². The number of nitrogens with zero attached hydrogens (tertiary/aromatic N) is 1. The van der Waals surface area contributed by atoms with E-state index in [2.05, 4.69) is 36.9 Å². The maximum absolute atomic E-state index is 12.9. The maximum Gasteiger partial charge on any atom is 0.200 e. The molecule has 0 saturated carbocycles. The van der Waals surface area contributed by atoms with Crippen LogP contribution in [0.3, 0.4) is 0 Å². The van der Waals surface area contributed by atoms with E-state index < -0.39 is 34.8 Å². The van der Waals surface area contributed by atoms with E-state index in [1.54, 1.807) is 0 Å². The summed E-state index contributed by atoms with van der Waals surface area (Å²) in [4.78, 5) is 3.07. The first-order valence-electron chi connectivity index (χ1n) is 3.27. The molecule has 0 radical (unpaired) electrons. The van der Waals surface area contributed by atoms with Gasteiger partial charge in [0.1, 0.15) is 9.22 Å². The highest BCUT2D eigenvalue weighted by molar-refractivity contribution is 9.39. The van der Waals surface area contributed by atoms with E-state index in [1.165, 1.54) is 0 Å². The number of rotatable bonds is 1. The zero-order valence-electron chi connectivity index (χ0n) is 6.59. The minimum absolute atomic E-state index is 0.196. The molecule has 1 aromatic carbocycles. The normalized spacial score (nSPS) is 10.3. The summed E-state index contributed by atoms with van der Waals surface area (Å²) in [5, 5.41) is 0. The van der Waals surface area contributed by atoms with E-state index in [-0.39, 0.29) is 3.53 Å². The van der Waals surface area contributed by atoms with Crippen LogP contribution in [0.25, 0.3) is 0 Å². The Hall–Kier alpha value is -0.500. The first-order chi connectivity index (χ1) is 6.86. The molecule has 0 unspecified atom stereocenters. The summed E-state index contributed by atoms with van der Waals surface area (Å²) in [5.74, 6) is -10.2. The highest BCUT2D eigenvalue weighted by Gasteiger charge is 2.25. The van der Waals surface area contributed by atoms with Gasteiger partial charge in [0.25, 0.3) is 0 Å². The van der Waals surface area contributed by atoms with Crippen molar-refractivity contribution in [3.05, 3.63) is 29.1 Å². The molecular weight excluding hydrogens is 353 g/mol. The first kappa shape index (κ1) is 12.6. The van der Waals surface area contributed by atoms with Crippen molar-refractivity contribution in [2.24, 2.45) is 4.99 Å². The van der Waals surface area contributed by atoms with Gasteiger partial charge in [-0.1, -0.05) is 0 Å². The highest BCUT2D eigenvalue weighted by Crippen LogP contribution is 2.30. The first-order valence-corrected chi connectivity index (χ1v) is 4.86. The molecule has 1 aromatic rings. The SMILES string of the molecule is Fc1c(F)c(F)c(N=C(Br)Br)c(F)c1F. The Morgan fingerprint density at radius 1 is 0.733 bits per heavy atom. The smallest absolute Gasteiger partial charge is 0.200 e. The highest BCUT2D eigenvalue weighted by atomic mass is 79.9. The van der Waals surface area contributed by atoms with E-state index >= 15 is 0 Å². The van der Waals surface area contributed by atoms with Crippen LogP contribution in [0.1, 0.15) is 0 Å². The lowest BCUT2D eigenvalue weighted by Gasteiger charge is -2.03. The topological polar surface area (TPSA) is 12.4 Å². The fraction of sp³-hybridized carbons (Fsp3) is 0. The number of hydrogen-bond acceptors (Lipinski definition) is 1. The lowest BCUT2D eigenvalue weighted by atomic mass is 10.2. The van der Waals surface area contributed by atoms with E-state index in [4.69, 9.17) is 0 Å². The number of halogens is 7. The molecule has 0 aliphatic carbocycles. The van der Waals surface area contributed by atoms with Crippen molar-refractivity contribution in [1.29, 1.82) is 0 Å². The summed E-state index contributed by atoms with van der Waals surface area (Å²) in [6.45, 7) is 0. The Morgan fingerprint density at radius 3 is 1.40 bits per heavy atom. The van der Waals surface area contributed by atoms with Crippen LogP contribution in [0, 0.1) is 29.1 Å². The third-order valence-electron chi connectivity index (χ3n) is 1.38. The van der Waals surface area contributed by atoms with Gasteiger partial charge in [-0.25, -0.2) is 26.9 Å². The van der Waals surface area contributed by atoms with Gasteiger partial charge in [-0.3, -0.25) is 0 Å². The van der Waals surface area contributed by atoms with E-state index in [1.807, 2.05) is 0 Å². The Kier molecular flexibility index (Phi) is 3.82. The van der Waals surface area contributed by atoms with Gasteiger partial charge >= 0.3 is 0 Å². The fourth-order valence-electron chi connectivity index (χ4n) is 0.776. The summed E-state index contributed by atoms with van der Waals surface area (Å²) in [5.41, 5.74) is -1.25. The number of aliphatic imine (C=N–C) groups is 1. The summed E-state index contributed by atoms with van der Waals surface area (Å²) in [6.07, 6.45) is 0. The van der Waals surface area contributed by atoms with Crippen LogP contribution in [-0.2, 0) is 0 Å². The van der Waals surface area contributed by atoms with Gasteiger partial charge in [0.05, 0.1) is 0 Å². The maximum atomic E-state index is 12.9.